The van der Waals surface area contributed by atoms with Crippen molar-refractivity contribution < 1.29 is 9.53 Å². The number of ketones is 1. The average molecular weight is 226 g/mol. The molecule has 0 saturated carbocycles. The smallest absolute Gasteiger partial charge is 0.167 e. The molecule has 0 fully saturated rings. The van der Waals surface area contributed by atoms with E-state index in [2.05, 4.69) is 0 Å². The molecular formula is C15H14O2. The van der Waals surface area contributed by atoms with Gasteiger partial charge in [0.25, 0.3) is 0 Å². The van der Waals surface area contributed by atoms with Gasteiger partial charge >= 0.3 is 0 Å². The van der Waals surface area contributed by atoms with Gasteiger partial charge in [-0.15, -0.1) is 0 Å². The van der Waals surface area contributed by atoms with E-state index in [1.54, 1.807) is 0 Å². The fourth-order valence-corrected chi connectivity index (χ4v) is 1.63. The molecule has 0 radical (unpaired) electrons. The highest BCUT2D eigenvalue weighted by molar-refractivity contribution is 5.78. The van der Waals surface area contributed by atoms with Crippen LogP contribution in [-0.4, -0.2) is 12.4 Å². The Morgan fingerprint density at radius 1 is 1.00 bits per heavy atom. The molecule has 0 heterocycles. The molecule has 0 N–H and O–H groups in total. The molecule has 2 aromatic rings. The lowest BCUT2D eigenvalue weighted by Gasteiger charge is -2.10. The highest BCUT2D eigenvalue weighted by Crippen LogP contribution is 2.29. The fraction of sp³-hybridized carbons (Fsp3) is 0.133. The van der Waals surface area contributed by atoms with E-state index in [1.165, 1.54) is 6.92 Å². The van der Waals surface area contributed by atoms with Crippen LogP contribution in [0.5, 0.6) is 5.75 Å². The van der Waals surface area contributed by atoms with E-state index in [4.69, 9.17) is 4.74 Å². The number of carbonyl (C=O) groups excluding carboxylic acids is 1. The third-order valence-electron chi connectivity index (χ3n) is 2.40. The molecule has 0 unspecified atom stereocenters. The fourth-order valence-electron chi connectivity index (χ4n) is 1.63. The van der Waals surface area contributed by atoms with E-state index >= 15 is 0 Å². The zero-order chi connectivity index (χ0) is 12.1. The first kappa shape index (κ1) is 11.4. The summed E-state index contributed by atoms with van der Waals surface area (Å²) in [5.41, 5.74) is 2.10. The van der Waals surface area contributed by atoms with Crippen LogP contribution >= 0.6 is 0 Å². The number of para-hydroxylation sites is 1. The lowest BCUT2D eigenvalue weighted by Crippen LogP contribution is -2.07. The van der Waals surface area contributed by atoms with Gasteiger partial charge in [0.15, 0.2) is 5.78 Å². The Balaban J connectivity index is 2.31. The number of hydrogen-bond donors (Lipinski definition) is 0. The molecule has 0 aromatic heterocycles. The SMILES string of the molecule is CC(=O)COc1ccccc1-c1ccccc1. The monoisotopic (exact) mass is 226 g/mol. The molecule has 0 spiro atoms. The number of hydrogen-bond acceptors (Lipinski definition) is 2. The Morgan fingerprint density at radius 3 is 2.35 bits per heavy atom. The van der Waals surface area contributed by atoms with Crippen LogP contribution in [0.1, 0.15) is 6.92 Å². The van der Waals surface area contributed by atoms with Crippen LogP contribution in [0, 0.1) is 0 Å². The normalized spacial score (nSPS) is 9.94. The minimum absolute atomic E-state index is 0.0212. The number of benzene rings is 2. The van der Waals surface area contributed by atoms with Gasteiger partial charge in [0, 0.05) is 5.56 Å². The number of ether oxygens (including phenoxy) is 1. The van der Waals surface area contributed by atoms with Crippen molar-refractivity contribution in [3.63, 3.8) is 0 Å². The van der Waals surface area contributed by atoms with Crippen LogP contribution in [0.2, 0.25) is 0 Å². The first-order chi connectivity index (χ1) is 8.27. The minimum Gasteiger partial charge on any atom is -0.485 e. The van der Waals surface area contributed by atoms with E-state index in [9.17, 15) is 4.79 Å². The summed E-state index contributed by atoms with van der Waals surface area (Å²) in [6.45, 7) is 1.63. The first-order valence-electron chi connectivity index (χ1n) is 5.54. The molecule has 17 heavy (non-hydrogen) atoms. The highest BCUT2D eigenvalue weighted by atomic mass is 16.5. The molecule has 86 valence electrons. The Hall–Kier alpha value is -2.09. The summed E-state index contributed by atoms with van der Waals surface area (Å²) in [6, 6.07) is 17.7. The van der Waals surface area contributed by atoms with Crippen molar-refractivity contribution in [3.05, 3.63) is 54.6 Å². The second kappa shape index (κ2) is 5.30. The van der Waals surface area contributed by atoms with Gasteiger partial charge in [0.1, 0.15) is 12.4 Å². The zero-order valence-corrected chi connectivity index (χ0v) is 9.72. The van der Waals surface area contributed by atoms with E-state index in [1.807, 2.05) is 54.6 Å². The second-order valence-corrected chi connectivity index (χ2v) is 3.85. The van der Waals surface area contributed by atoms with E-state index in [0.717, 1.165) is 16.9 Å². The topological polar surface area (TPSA) is 26.3 Å². The van der Waals surface area contributed by atoms with Crippen molar-refractivity contribution in [1.29, 1.82) is 0 Å². The minimum atomic E-state index is 0.0212. The van der Waals surface area contributed by atoms with Gasteiger partial charge in [-0.25, -0.2) is 0 Å². The standard InChI is InChI=1S/C15H14O2/c1-12(16)11-17-15-10-6-5-9-14(15)13-7-3-2-4-8-13/h2-10H,11H2,1H3. The van der Waals surface area contributed by atoms with Crippen LogP contribution in [-0.2, 0) is 4.79 Å². The predicted molar refractivity (Wildman–Crippen MR) is 68.1 cm³/mol. The molecule has 0 bridgehead atoms. The van der Waals surface area contributed by atoms with Crippen molar-refractivity contribution in [1.82, 2.24) is 0 Å². The Labute approximate surface area is 101 Å². The zero-order valence-electron chi connectivity index (χ0n) is 9.72. The van der Waals surface area contributed by atoms with Crippen LogP contribution < -0.4 is 4.74 Å². The number of rotatable bonds is 4. The first-order valence-corrected chi connectivity index (χ1v) is 5.54. The van der Waals surface area contributed by atoms with Gasteiger partial charge in [-0.2, -0.15) is 0 Å². The molecule has 0 atom stereocenters. The molecule has 0 aliphatic carbocycles. The second-order valence-electron chi connectivity index (χ2n) is 3.85. The lowest BCUT2D eigenvalue weighted by atomic mass is 10.1. The van der Waals surface area contributed by atoms with Crippen molar-refractivity contribution >= 4 is 5.78 Å². The number of carbonyl (C=O) groups is 1. The molecule has 0 aliphatic rings. The average Bonchev–Trinajstić information content (AvgIpc) is 2.38. The van der Waals surface area contributed by atoms with Gasteiger partial charge in [0.2, 0.25) is 0 Å². The summed E-state index contributed by atoms with van der Waals surface area (Å²) in [5, 5.41) is 0. The quantitative estimate of drug-likeness (QED) is 0.799. The number of Topliss-reactive ketones (excluding diaryl/α,β-unsaturated/α-hetero) is 1. The Morgan fingerprint density at radius 2 is 1.65 bits per heavy atom. The summed E-state index contributed by atoms with van der Waals surface area (Å²) in [7, 11) is 0. The van der Waals surface area contributed by atoms with Crippen molar-refractivity contribution in [3.8, 4) is 16.9 Å². The molecule has 0 saturated heterocycles. The Kier molecular flexibility index (Phi) is 3.55. The summed E-state index contributed by atoms with van der Waals surface area (Å²) < 4.78 is 5.50. The van der Waals surface area contributed by atoms with Gasteiger partial charge in [-0.05, 0) is 18.6 Å². The van der Waals surface area contributed by atoms with Crippen LogP contribution in [0.15, 0.2) is 54.6 Å². The van der Waals surface area contributed by atoms with Crippen molar-refractivity contribution in [2.75, 3.05) is 6.61 Å². The Bertz CT molecular complexity index is 503. The van der Waals surface area contributed by atoms with Crippen LogP contribution in [0.3, 0.4) is 0 Å². The van der Waals surface area contributed by atoms with Crippen LogP contribution in [0.25, 0.3) is 11.1 Å². The van der Waals surface area contributed by atoms with Gasteiger partial charge in [-0.1, -0.05) is 48.5 Å². The van der Waals surface area contributed by atoms with Crippen molar-refractivity contribution in [2.45, 2.75) is 6.92 Å². The summed E-state index contributed by atoms with van der Waals surface area (Å²) >= 11 is 0. The summed E-state index contributed by atoms with van der Waals surface area (Å²) in [6.07, 6.45) is 0. The lowest BCUT2D eigenvalue weighted by molar-refractivity contribution is -0.118. The van der Waals surface area contributed by atoms with E-state index in [0.29, 0.717) is 0 Å². The van der Waals surface area contributed by atoms with Gasteiger partial charge in [-0.3, -0.25) is 4.79 Å². The molecule has 2 nitrogen and oxygen atoms in total. The van der Waals surface area contributed by atoms with Crippen LogP contribution in [0.4, 0.5) is 0 Å². The highest BCUT2D eigenvalue weighted by Gasteiger charge is 2.05. The maximum atomic E-state index is 10.9. The van der Waals surface area contributed by atoms with E-state index in [-0.39, 0.29) is 12.4 Å². The van der Waals surface area contributed by atoms with Crippen molar-refractivity contribution in [2.24, 2.45) is 0 Å². The van der Waals surface area contributed by atoms with E-state index < -0.39 is 0 Å². The van der Waals surface area contributed by atoms with Gasteiger partial charge in [0.05, 0.1) is 0 Å². The molecule has 0 amide bonds. The third-order valence-corrected chi connectivity index (χ3v) is 2.40. The molecule has 2 heteroatoms. The maximum Gasteiger partial charge on any atom is 0.167 e. The summed E-state index contributed by atoms with van der Waals surface area (Å²) in [4.78, 5) is 10.9. The maximum absolute atomic E-state index is 10.9. The molecule has 2 aromatic carbocycles. The largest absolute Gasteiger partial charge is 0.485 e. The molecule has 2 rings (SSSR count). The summed E-state index contributed by atoms with van der Waals surface area (Å²) in [5.74, 6) is 0.766. The van der Waals surface area contributed by atoms with Gasteiger partial charge < -0.3 is 4.74 Å². The predicted octanol–water partition coefficient (Wildman–Crippen LogP) is 3.32. The third kappa shape index (κ3) is 2.94. The molecular weight excluding hydrogens is 212 g/mol. The molecule has 0 aliphatic heterocycles.